The summed E-state index contributed by atoms with van der Waals surface area (Å²) in [5.74, 6) is -0.369. The maximum atomic E-state index is 13.0. The largest absolute Gasteiger partial charge is 0.389 e. The fourth-order valence-electron chi connectivity index (χ4n) is 2.02. The van der Waals surface area contributed by atoms with Crippen molar-refractivity contribution in [2.45, 2.75) is 45.3 Å². The molecule has 0 heterocycles. The predicted molar refractivity (Wildman–Crippen MR) is 67.5 cm³/mol. The molecule has 1 N–H and O–H groups in total. The Hall–Kier alpha value is -1.10. The van der Waals surface area contributed by atoms with Crippen molar-refractivity contribution < 1.29 is 17.6 Å². The average molecular weight is 277 g/mol. The third-order valence-corrected chi connectivity index (χ3v) is 2.96. The summed E-state index contributed by atoms with van der Waals surface area (Å²) in [6.45, 7) is 4.30. The van der Waals surface area contributed by atoms with E-state index in [1.807, 2.05) is 6.92 Å². The first-order valence-corrected chi connectivity index (χ1v) is 6.39. The fraction of sp³-hybridized carbons (Fsp3) is 0.571. The van der Waals surface area contributed by atoms with Crippen molar-refractivity contribution in [2.75, 3.05) is 6.54 Å². The van der Waals surface area contributed by atoms with E-state index in [9.17, 15) is 17.6 Å². The van der Waals surface area contributed by atoms with Crippen LogP contribution in [0.2, 0.25) is 0 Å². The second kappa shape index (κ2) is 6.89. The minimum absolute atomic E-state index is 0.0318. The molecule has 1 rings (SSSR count). The second-order valence-corrected chi connectivity index (χ2v) is 4.66. The summed E-state index contributed by atoms with van der Waals surface area (Å²) in [6, 6.07) is 3.82. The van der Waals surface area contributed by atoms with Crippen LogP contribution < -0.4 is 5.32 Å². The quantitative estimate of drug-likeness (QED) is 0.754. The van der Waals surface area contributed by atoms with E-state index >= 15 is 0 Å². The molecule has 1 atom stereocenters. The number of nitrogens with one attached hydrogen (secondary N) is 1. The Kier molecular flexibility index (Phi) is 5.79. The number of hydrogen-bond donors (Lipinski definition) is 1. The number of alkyl halides is 3. The molecular formula is C14H19F4N. The van der Waals surface area contributed by atoms with Gasteiger partial charge in [0, 0.05) is 12.5 Å². The smallest absolute Gasteiger partial charge is 0.310 e. The molecule has 0 amide bonds. The summed E-state index contributed by atoms with van der Waals surface area (Å²) in [6.07, 6.45) is -4.20. The molecule has 108 valence electrons. The van der Waals surface area contributed by atoms with Crippen molar-refractivity contribution in [1.82, 2.24) is 5.32 Å². The molecule has 0 spiro atoms. The molecule has 1 aromatic rings. The summed E-state index contributed by atoms with van der Waals surface area (Å²) in [7, 11) is 0. The van der Waals surface area contributed by atoms with Gasteiger partial charge in [0.2, 0.25) is 0 Å². The SMILES string of the molecule is CCCNC(CCC(F)(F)F)c1ccc(F)cc1C. The highest BCUT2D eigenvalue weighted by Crippen LogP contribution is 2.29. The van der Waals surface area contributed by atoms with Gasteiger partial charge < -0.3 is 5.32 Å². The fourth-order valence-corrected chi connectivity index (χ4v) is 2.02. The normalized spacial score (nSPS) is 13.6. The number of halogens is 4. The first-order valence-electron chi connectivity index (χ1n) is 6.39. The molecule has 0 saturated heterocycles. The minimum Gasteiger partial charge on any atom is -0.310 e. The molecule has 0 bridgehead atoms. The summed E-state index contributed by atoms with van der Waals surface area (Å²) in [5, 5.41) is 3.10. The van der Waals surface area contributed by atoms with Crippen LogP contribution in [-0.2, 0) is 0 Å². The van der Waals surface area contributed by atoms with Crippen molar-refractivity contribution in [3.8, 4) is 0 Å². The van der Waals surface area contributed by atoms with Crippen LogP contribution in [0.3, 0.4) is 0 Å². The van der Waals surface area contributed by atoms with Crippen molar-refractivity contribution in [1.29, 1.82) is 0 Å². The van der Waals surface area contributed by atoms with Crippen LogP contribution in [0.5, 0.6) is 0 Å². The number of aryl methyl sites for hydroxylation is 1. The molecule has 1 aromatic carbocycles. The zero-order chi connectivity index (χ0) is 14.5. The lowest BCUT2D eigenvalue weighted by Crippen LogP contribution is -2.24. The van der Waals surface area contributed by atoms with E-state index in [0.717, 1.165) is 12.0 Å². The van der Waals surface area contributed by atoms with Crippen LogP contribution in [-0.4, -0.2) is 12.7 Å². The molecule has 5 heteroatoms. The molecule has 1 unspecified atom stereocenters. The zero-order valence-electron chi connectivity index (χ0n) is 11.1. The van der Waals surface area contributed by atoms with Gasteiger partial charge in [0.15, 0.2) is 0 Å². The molecule has 0 aliphatic rings. The second-order valence-electron chi connectivity index (χ2n) is 4.66. The summed E-state index contributed by atoms with van der Waals surface area (Å²) in [5.41, 5.74) is 1.41. The van der Waals surface area contributed by atoms with Gasteiger partial charge in [-0.15, -0.1) is 0 Å². The van der Waals surface area contributed by atoms with Gasteiger partial charge in [0.05, 0.1) is 0 Å². The van der Waals surface area contributed by atoms with Crippen LogP contribution in [0.1, 0.15) is 43.4 Å². The molecular weight excluding hydrogens is 258 g/mol. The highest BCUT2D eigenvalue weighted by atomic mass is 19.4. The Morgan fingerprint density at radius 2 is 1.95 bits per heavy atom. The molecule has 0 aromatic heterocycles. The van der Waals surface area contributed by atoms with Crippen LogP contribution >= 0.6 is 0 Å². The van der Waals surface area contributed by atoms with E-state index < -0.39 is 12.6 Å². The molecule has 0 fully saturated rings. The minimum atomic E-state index is -4.17. The third-order valence-electron chi connectivity index (χ3n) is 2.96. The Morgan fingerprint density at radius 3 is 2.47 bits per heavy atom. The lowest BCUT2D eigenvalue weighted by molar-refractivity contribution is -0.136. The van der Waals surface area contributed by atoms with Crippen molar-refractivity contribution in [2.24, 2.45) is 0 Å². The molecule has 1 nitrogen and oxygen atoms in total. The van der Waals surface area contributed by atoms with E-state index in [2.05, 4.69) is 5.32 Å². The molecule has 19 heavy (non-hydrogen) atoms. The van der Waals surface area contributed by atoms with Crippen LogP contribution in [0.25, 0.3) is 0 Å². The Bertz CT molecular complexity index is 401. The van der Waals surface area contributed by atoms with E-state index in [1.54, 1.807) is 13.0 Å². The van der Waals surface area contributed by atoms with E-state index in [1.165, 1.54) is 12.1 Å². The highest BCUT2D eigenvalue weighted by Gasteiger charge is 2.28. The number of hydrogen-bond acceptors (Lipinski definition) is 1. The van der Waals surface area contributed by atoms with Crippen LogP contribution in [0.4, 0.5) is 17.6 Å². The Labute approximate surface area is 111 Å². The third kappa shape index (κ3) is 5.59. The van der Waals surface area contributed by atoms with E-state index in [0.29, 0.717) is 12.1 Å². The molecule has 0 aliphatic carbocycles. The lowest BCUT2D eigenvalue weighted by atomic mass is 9.97. The standard InChI is InChI=1S/C14H19F4N/c1-3-8-19-13(6-7-14(16,17)18)12-5-4-11(15)9-10(12)2/h4-5,9,13,19H,3,6-8H2,1-2H3. The Morgan fingerprint density at radius 1 is 1.26 bits per heavy atom. The Balaban J connectivity index is 2.83. The lowest BCUT2D eigenvalue weighted by Gasteiger charge is -2.21. The summed E-state index contributed by atoms with van der Waals surface area (Å²) in [4.78, 5) is 0. The maximum Gasteiger partial charge on any atom is 0.389 e. The van der Waals surface area contributed by atoms with E-state index in [4.69, 9.17) is 0 Å². The molecule has 0 aliphatic heterocycles. The predicted octanol–water partition coefficient (Wildman–Crippen LogP) is 4.52. The first-order chi connectivity index (χ1) is 8.83. The van der Waals surface area contributed by atoms with Crippen LogP contribution in [0, 0.1) is 12.7 Å². The highest BCUT2D eigenvalue weighted by molar-refractivity contribution is 5.29. The zero-order valence-corrected chi connectivity index (χ0v) is 11.1. The number of benzene rings is 1. The summed E-state index contributed by atoms with van der Waals surface area (Å²) < 4.78 is 50.0. The van der Waals surface area contributed by atoms with Gasteiger partial charge in [-0.2, -0.15) is 13.2 Å². The molecule has 0 radical (unpaired) electrons. The van der Waals surface area contributed by atoms with Gasteiger partial charge in [0.25, 0.3) is 0 Å². The number of rotatable bonds is 6. The van der Waals surface area contributed by atoms with Gasteiger partial charge >= 0.3 is 6.18 Å². The van der Waals surface area contributed by atoms with Crippen molar-refractivity contribution >= 4 is 0 Å². The van der Waals surface area contributed by atoms with Crippen LogP contribution in [0.15, 0.2) is 18.2 Å². The maximum absolute atomic E-state index is 13.0. The monoisotopic (exact) mass is 277 g/mol. The van der Waals surface area contributed by atoms with E-state index in [-0.39, 0.29) is 18.3 Å². The van der Waals surface area contributed by atoms with Gasteiger partial charge in [-0.3, -0.25) is 0 Å². The topological polar surface area (TPSA) is 12.0 Å². The summed E-state index contributed by atoms with van der Waals surface area (Å²) >= 11 is 0. The van der Waals surface area contributed by atoms with Crippen molar-refractivity contribution in [3.05, 3.63) is 35.1 Å². The van der Waals surface area contributed by atoms with Gasteiger partial charge in [-0.25, -0.2) is 4.39 Å². The van der Waals surface area contributed by atoms with Gasteiger partial charge in [-0.05, 0) is 49.6 Å². The first kappa shape index (κ1) is 16.0. The molecule has 0 saturated carbocycles. The van der Waals surface area contributed by atoms with Gasteiger partial charge in [0.1, 0.15) is 5.82 Å². The van der Waals surface area contributed by atoms with Gasteiger partial charge in [-0.1, -0.05) is 13.0 Å². The van der Waals surface area contributed by atoms with Crippen molar-refractivity contribution in [3.63, 3.8) is 0 Å². The average Bonchev–Trinajstić information content (AvgIpc) is 2.29.